The Morgan fingerprint density at radius 3 is 2.20 bits per heavy atom. The number of nitrogens with zero attached hydrogens (tertiary/aromatic N) is 1. The summed E-state index contributed by atoms with van der Waals surface area (Å²) in [4.78, 5) is 14.1. The highest BCUT2D eigenvalue weighted by Gasteiger charge is 2.20. The second-order valence-electron chi connectivity index (χ2n) is 4.89. The molecule has 1 rings (SSSR count). The van der Waals surface area contributed by atoms with Crippen molar-refractivity contribution >= 4 is 5.91 Å². The summed E-state index contributed by atoms with van der Waals surface area (Å²) >= 11 is 0. The minimum absolute atomic E-state index is 0.121. The minimum Gasteiger partial charge on any atom is -0.497 e. The van der Waals surface area contributed by atoms with E-state index in [-0.39, 0.29) is 18.0 Å². The first-order valence-electron chi connectivity index (χ1n) is 7.22. The van der Waals surface area contributed by atoms with E-state index in [0.29, 0.717) is 0 Å². The summed E-state index contributed by atoms with van der Waals surface area (Å²) in [5.41, 5.74) is 1.14. The van der Waals surface area contributed by atoms with Crippen molar-refractivity contribution in [3.63, 3.8) is 0 Å². The summed E-state index contributed by atoms with van der Waals surface area (Å²) in [5, 5.41) is 3.35. The van der Waals surface area contributed by atoms with E-state index in [2.05, 4.69) is 12.2 Å². The Hall–Kier alpha value is -1.55. The highest BCUT2D eigenvalue weighted by Crippen LogP contribution is 2.17. The molecule has 1 amide bonds. The van der Waals surface area contributed by atoms with Crippen molar-refractivity contribution in [2.45, 2.75) is 39.8 Å². The lowest BCUT2D eigenvalue weighted by Crippen LogP contribution is -2.45. The Labute approximate surface area is 122 Å². The highest BCUT2D eigenvalue weighted by atomic mass is 16.5. The van der Waals surface area contributed by atoms with Crippen LogP contribution in [0.1, 0.15) is 39.3 Å². The molecule has 1 aromatic rings. The molecule has 0 aromatic heterocycles. The maximum absolute atomic E-state index is 12.2. The van der Waals surface area contributed by atoms with Crippen LogP contribution in [-0.2, 0) is 4.79 Å². The van der Waals surface area contributed by atoms with Crippen LogP contribution in [0, 0.1) is 0 Å². The minimum atomic E-state index is -0.188. The topological polar surface area (TPSA) is 41.6 Å². The zero-order valence-electron chi connectivity index (χ0n) is 13.1. The molecule has 4 heteroatoms. The fourth-order valence-electron chi connectivity index (χ4n) is 2.24. The van der Waals surface area contributed by atoms with E-state index in [1.54, 1.807) is 7.11 Å². The molecule has 1 aromatic carbocycles. The Kier molecular flexibility index (Phi) is 6.52. The first-order valence-corrected chi connectivity index (χ1v) is 7.22. The molecule has 4 nitrogen and oxygen atoms in total. The van der Waals surface area contributed by atoms with Gasteiger partial charge in [-0.25, -0.2) is 0 Å². The molecule has 1 N–H and O–H groups in total. The Bertz CT molecular complexity index is 413. The van der Waals surface area contributed by atoms with Gasteiger partial charge in [0.25, 0.3) is 0 Å². The lowest BCUT2D eigenvalue weighted by atomic mass is 10.1. The number of rotatable bonds is 7. The van der Waals surface area contributed by atoms with Crippen LogP contribution in [0.2, 0.25) is 0 Å². The van der Waals surface area contributed by atoms with Crippen molar-refractivity contribution in [3.05, 3.63) is 29.8 Å². The molecule has 0 aliphatic carbocycles. The highest BCUT2D eigenvalue weighted by molar-refractivity contribution is 5.81. The molecular weight excluding hydrogens is 252 g/mol. The first kappa shape index (κ1) is 16.5. The number of carbonyl (C=O) groups is 1. The number of hydrogen-bond donors (Lipinski definition) is 1. The fraction of sp³-hybridized carbons (Fsp3) is 0.562. The average Bonchev–Trinajstić information content (AvgIpc) is 2.48. The molecule has 0 fully saturated rings. The fourth-order valence-corrected chi connectivity index (χ4v) is 2.24. The van der Waals surface area contributed by atoms with E-state index in [4.69, 9.17) is 4.74 Å². The van der Waals surface area contributed by atoms with Crippen LogP contribution >= 0.6 is 0 Å². The number of ether oxygens (including phenoxy) is 1. The molecule has 2 unspecified atom stereocenters. The summed E-state index contributed by atoms with van der Waals surface area (Å²) in [6, 6.07) is 7.84. The van der Waals surface area contributed by atoms with Crippen molar-refractivity contribution < 1.29 is 9.53 Å². The molecule has 0 spiro atoms. The van der Waals surface area contributed by atoms with Gasteiger partial charge in [0.05, 0.1) is 13.2 Å². The largest absolute Gasteiger partial charge is 0.497 e. The van der Waals surface area contributed by atoms with E-state index in [9.17, 15) is 4.79 Å². The number of methoxy groups -OCH3 is 1. The molecule has 0 saturated heterocycles. The zero-order valence-corrected chi connectivity index (χ0v) is 13.1. The SMILES string of the molecule is CCN(CC)C(=O)C(C)NC(C)c1ccc(OC)cc1. The molecule has 0 radical (unpaired) electrons. The lowest BCUT2D eigenvalue weighted by molar-refractivity contribution is -0.132. The second kappa shape index (κ2) is 7.90. The molecule has 0 bridgehead atoms. The van der Waals surface area contributed by atoms with Crippen LogP contribution in [-0.4, -0.2) is 37.0 Å². The maximum atomic E-state index is 12.2. The number of benzene rings is 1. The first-order chi connectivity index (χ1) is 9.53. The summed E-state index contributed by atoms with van der Waals surface area (Å²) in [6.07, 6.45) is 0. The lowest BCUT2D eigenvalue weighted by Gasteiger charge is -2.26. The van der Waals surface area contributed by atoms with Crippen molar-refractivity contribution in [2.24, 2.45) is 0 Å². The van der Waals surface area contributed by atoms with E-state index >= 15 is 0 Å². The van der Waals surface area contributed by atoms with Gasteiger partial charge in [0, 0.05) is 19.1 Å². The van der Waals surface area contributed by atoms with Crippen LogP contribution < -0.4 is 10.1 Å². The van der Waals surface area contributed by atoms with Gasteiger partial charge < -0.3 is 9.64 Å². The smallest absolute Gasteiger partial charge is 0.239 e. The summed E-state index contributed by atoms with van der Waals surface area (Å²) in [7, 11) is 1.65. The van der Waals surface area contributed by atoms with Crippen LogP contribution in [0.5, 0.6) is 5.75 Å². The molecule has 0 aliphatic heterocycles. The number of hydrogen-bond acceptors (Lipinski definition) is 3. The number of nitrogens with one attached hydrogen (secondary N) is 1. The van der Waals surface area contributed by atoms with Gasteiger partial charge in [-0.05, 0) is 45.4 Å². The van der Waals surface area contributed by atoms with Gasteiger partial charge in [-0.2, -0.15) is 0 Å². The standard InChI is InChI=1S/C16H26N2O2/c1-6-18(7-2)16(19)13(4)17-12(3)14-8-10-15(20-5)11-9-14/h8-13,17H,6-7H2,1-5H3. The van der Waals surface area contributed by atoms with E-state index in [1.807, 2.05) is 49.9 Å². The molecular formula is C16H26N2O2. The van der Waals surface area contributed by atoms with Crippen molar-refractivity contribution in [1.82, 2.24) is 10.2 Å². The monoisotopic (exact) mass is 278 g/mol. The number of likely N-dealkylation sites (N-methyl/N-ethyl adjacent to an activating group) is 1. The Balaban J connectivity index is 2.64. The van der Waals surface area contributed by atoms with Crippen molar-refractivity contribution in [3.8, 4) is 5.75 Å². The van der Waals surface area contributed by atoms with Crippen LogP contribution in [0.15, 0.2) is 24.3 Å². The zero-order chi connectivity index (χ0) is 15.1. The third kappa shape index (κ3) is 4.23. The van der Waals surface area contributed by atoms with Gasteiger partial charge in [-0.3, -0.25) is 10.1 Å². The Morgan fingerprint density at radius 1 is 1.20 bits per heavy atom. The third-order valence-electron chi connectivity index (χ3n) is 3.56. The number of amides is 1. The third-order valence-corrected chi connectivity index (χ3v) is 3.56. The van der Waals surface area contributed by atoms with Gasteiger partial charge in [0.15, 0.2) is 0 Å². The quantitative estimate of drug-likeness (QED) is 0.833. The summed E-state index contributed by atoms with van der Waals surface area (Å²) in [6.45, 7) is 9.48. The summed E-state index contributed by atoms with van der Waals surface area (Å²) in [5.74, 6) is 0.989. The average molecular weight is 278 g/mol. The molecule has 20 heavy (non-hydrogen) atoms. The normalized spacial score (nSPS) is 13.7. The van der Waals surface area contributed by atoms with Crippen LogP contribution in [0.3, 0.4) is 0 Å². The maximum Gasteiger partial charge on any atom is 0.239 e. The molecule has 112 valence electrons. The molecule has 0 heterocycles. The predicted octanol–water partition coefficient (Wildman–Crippen LogP) is 2.60. The van der Waals surface area contributed by atoms with Gasteiger partial charge in [0.1, 0.15) is 5.75 Å². The van der Waals surface area contributed by atoms with E-state index in [1.165, 1.54) is 0 Å². The van der Waals surface area contributed by atoms with Gasteiger partial charge in [-0.15, -0.1) is 0 Å². The molecule has 0 saturated carbocycles. The predicted molar refractivity (Wildman–Crippen MR) is 81.9 cm³/mol. The van der Waals surface area contributed by atoms with Gasteiger partial charge >= 0.3 is 0 Å². The molecule has 0 aliphatic rings. The van der Waals surface area contributed by atoms with Crippen molar-refractivity contribution in [2.75, 3.05) is 20.2 Å². The van der Waals surface area contributed by atoms with Gasteiger partial charge in [-0.1, -0.05) is 12.1 Å². The van der Waals surface area contributed by atoms with E-state index in [0.717, 1.165) is 24.4 Å². The molecule has 2 atom stereocenters. The Morgan fingerprint density at radius 2 is 1.75 bits per heavy atom. The van der Waals surface area contributed by atoms with Gasteiger partial charge in [0.2, 0.25) is 5.91 Å². The summed E-state index contributed by atoms with van der Waals surface area (Å²) < 4.78 is 5.15. The number of carbonyl (C=O) groups excluding carboxylic acids is 1. The van der Waals surface area contributed by atoms with Crippen LogP contribution in [0.25, 0.3) is 0 Å². The van der Waals surface area contributed by atoms with E-state index < -0.39 is 0 Å². The van der Waals surface area contributed by atoms with Crippen molar-refractivity contribution in [1.29, 1.82) is 0 Å². The second-order valence-corrected chi connectivity index (χ2v) is 4.89. The van der Waals surface area contributed by atoms with Crippen LogP contribution in [0.4, 0.5) is 0 Å².